The molecule has 0 heterocycles. The van der Waals surface area contributed by atoms with Gasteiger partial charge in [0.15, 0.2) is 17.4 Å². The molecule has 0 radical (unpaired) electrons. The van der Waals surface area contributed by atoms with Crippen LogP contribution in [0.3, 0.4) is 0 Å². The third-order valence-corrected chi connectivity index (χ3v) is 3.06. The molecule has 2 rings (SSSR count). The Hall–Kier alpha value is -2.25. The summed E-state index contributed by atoms with van der Waals surface area (Å²) in [6.07, 6.45) is 0. The van der Waals surface area contributed by atoms with Gasteiger partial charge in [0.25, 0.3) is 0 Å². The number of benzene rings is 2. The van der Waals surface area contributed by atoms with Gasteiger partial charge in [-0.15, -0.1) is 0 Å². The molecule has 0 aliphatic heterocycles. The molecule has 0 fully saturated rings. The summed E-state index contributed by atoms with van der Waals surface area (Å²) >= 11 is 5.72. The van der Waals surface area contributed by atoms with Crippen LogP contribution in [-0.2, 0) is 0 Å². The molecule has 20 heavy (non-hydrogen) atoms. The Morgan fingerprint density at radius 3 is 2.40 bits per heavy atom. The van der Waals surface area contributed by atoms with Crippen molar-refractivity contribution in [3.05, 3.63) is 70.2 Å². The lowest BCUT2D eigenvalue weighted by Crippen LogP contribution is -2.13. The van der Waals surface area contributed by atoms with Gasteiger partial charge in [0, 0.05) is 5.02 Å². The summed E-state index contributed by atoms with van der Waals surface area (Å²) in [5, 5.41) is 9.57. The van der Waals surface area contributed by atoms with Gasteiger partial charge in [0.1, 0.15) is 5.92 Å². The van der Waals surface area contributed by atoms with Crippen molar-refractivity contribution in [1.29, 1.82) is 5.26 Å². The number of nitrogens with zero attached hydrogens (tertiary/aromatic N) is 1. The first-order chi connectivity index (χ1) is 9.54. The van der Waals surface area contributed by atoms with E-state index >= 15 is 0 Å². The third kappa shape index (κ3) is 2.68. The normalized spacial score (nSPS) is 11.7. The van der Waals surface area contributed by atoms with Gasteiger partial charge < -0.3 is 0 Å². The minimum absolute atomic E-state index is 0.380. The second kappa shape index (κ2) is 5.81. The van der Waals surface area contributed by atoms with Crippen molar-refractivity contribution in [1.82, 2.24) is 0 Å². The van der Waals surface area contributed by atoms with Crippen LogP contribution in [-0.4, -0.2) is 5.78 Å². The maximum atomic E-state index is 13.6. The van der Waals surface area contributed by atoms with Gasteiger partial charge in [-0.05, 0) is 29.8 Å². The first-order valence-corrected chi connectivity index (χ1v) is 6.05. The van der Waals surface area contributed by atoms with E-state index in [0.29, 0.717) is 10.6 Å². The van der Waals surface area contributed by atoms with Crippen molar-refractivity contribution in [3.8, 4) is 6.07 Å². The first-order valence-electron chi connectivity index (χ1n) is 5.68. The number of hydrogen-bond acceptors (Lipinski definition) is 2. The van der Waals surface area contributed by atoms with Gasteiger partial charge in [-0.25, -0.2) is 8.78 Å². The van der Waals surface area contributed by atoms with Gasteiger partial charge in [-0.2, -0.15) is 5.26 Å². The zero-order chi connectivity index (χ0) is 14.7. The molecule has 2 nitrogen and oxygen atoms in total. The molecule has 0 aliphatic carbocycles. The predicted octanol–water partition coefficient (Wildman–Crippen LogP) is 4.11. The van der Waals surface area contributed by atoms with Gasteiger partial charge in [-0.1, -0.05) is 29.8 Å². The number of ketones is 1. The average Bonchev–Trinajstić information content (AvgIpc) is 2.44. The van der Waals surface area contributed by atoms with Crippen LogP contribution in [0.25, 0.3) is 0 Å². The summed E-state index contributed by atoms with van der Waals surface area (Å²) in [6, 6.07) is 11.2. The van der Waals surface area contributed by atoms with Crippen LogP contribution >= 0.6 is 11.6 Å². The largest absolute Gasteiger partial charge is 0.292 e. The van der Waals surface area contributed by atoms with Crippen molar-refractivity contribution in [3.63, 3.8) is 0 Å². The summed E-state index contributed by atoms with van der Waals surface area (Å²) in [7, 11) is 0. The maximum absolute atomic E-state index is 13.6. The number of halogens is 3. The molecule has 5 heteroatoms. The van der Waals surface area contributed by atoms with E-state index in [4.69, 9.17) is 16.9 Å². The highest BCUT2D eigenvalue weighted by Crippen LogP contribution is 2.24. The van der Waals surface area contributed by atoms with Crippen LogP contribution in [0.5, 0.6) is 0 Å². The van der Waals surface area contributed by atoms with Gasteiger partial charge >= 0.3 is 0 Å². The molecule has 0 saturated heterocycles. The fourth-order valence-electron chi connectivity index (χ4n) is 1.79. The molecular weight excluding hydrogens is 284 g/mol. The maximum Gasteiger partial charge on any atom is 0.187 e. The van der Waals surface area contributed by atoms with Crippen LogP contribution in [0, 0.1) is 23.0 Å². The lowest BCUT2D eigenvalue weighted by molar-refractivity contribution is 0.0974. The summed E-state index contributed by atoms with van der Waals surface area (Å²) in [4.78, 5) is 12.2. The Balaban J connectivity index is 2.42. The van der Waals surface area contributed by atoms with E-state index in [-0.39, 0.29) is 0 Å². The quantitative estimate of drug-likeness (QED) is 0.799. The van der Waals surface area contributed by atoms with Crippen LogP contribution < -0.4 is 0 Å². The monoisotopic (exact) mass is 291 g/mol. The zero-order valence-corrected chi connectivity index (χ0v) is 10.9. The van der Waals surface area contributed by atoms with Crippen LogP contribution in [0.4, 0.5) is 8.78 Å². The van der Waals surface area contributed by atoms with E-state index in [1.165, 1.54) is 30.3 Å². The molecule has 0 N–H and O–H groups in total. The Morgan fingerprint density at radius 1 is 1.15 bits per heavy atom. The third-order valence-electron chi connectivity index (χ3n) is 2.81. The Bertz CT molecular complexity index is 692. The van der Waals surface area contributed by atoms with E-state index in [1.54, 1.807) is 6.07 Å². The number of carbonyl (C=O) groups excluding carboxylic acids is 1. The molecule has 0 bridgehead atoms. The van der Waals surface area contributed by atoms with E-state index in [0.717, 1.165) is 12.1 Å². The van der Waals surface area contributed by atoms with Crippen LogP contribution in [0.1, 0.15) is 21.8 Å². The van der Waals surface area contributed by atoms with Crippen LogP contribution in [0.2, 0.25) is 5.02 Å². The highest BCUT2D eigenvalue weighted by molar-refractivity contribution is 6.30. The van der Waals surface area contributed by atoms with Crippen molar-refractivity contribution in [2.24, 2.45) is 0 Å². The SMILES string of the molecule is N#CC(C(=O)c1cccc(F)c1F)c1ccc(Cl)cc1. The van der Waals surface area contributed by atoms with Gasteiger partial charge in [0.2, 0.25) is 0 Å². The van der Waals surface area contributed by atoms with E-state index in [1.807, 2.05) is 0 Å². The fraction of sp³-hybridized carbons (Fsp3) is 0.0667. The molecule has 0 aromatic heterocycles. The number of rotatable bonds is 3. The smallest absolute Gasteiger partial charge is 0.187 e. The van der Waals surface area contributed by atoms with E-state index < -0.39 is 28.9 Å². The highest BCUT2D eigenvalue weighted by atomic mass is 35.5. The molecule has 0 saturated carbocycles. The molecule has 0 aliphatic rings. The fourth-order valence-corrected chi connectivity index (χ4v) is 1.92. The predicted molar refractivity (Wildman–Crippen MR) is 70.5 cm³/mol. The molecule has 1 unspecified atom stereocenters. The molecule has 0 spiro atoms. The molecule has 2 aromatic rings. The van der Waals surface area contributed by atoms with Crippen molar-refractivity contribution < 1.29 is 13.6 Å². The molecule has 2 aromatic carbocycles. The Labute approximate surface area is 119 Å². The Morgan fingerprint density at radius 2 is 1.80 bits per heavy atom. The van der Waals surface area contributed by atoms with Crippen LogP contribution in [0.15, 0.2) is 42.5 Å². The van der Waals surface area contributed by atoms with Gasteiger partial charge in [-0.3, -0.25) is 4.79 Å². The minimum Gasteiger partial charge on any atom is -0.292 e. The summed E-state index contributed by atoms with van der Waals surface area (Å²) in [6.45, 7) is 0. The van der Waals surface area contributed by atoms with Crippen molar-refractivity contribution >= 4 is 17.4 Å². The number of hydrogen-bond donors (Lipinski definition) is 0. The van der Waals surface area contributed by atoms with Crippen molar-refractivity contribution in [2.75, 3.05) is 0 Å². The average molecular weight is 292 g/mol. The molecular formula is C15H8ClF2NO. The standard InChI is InChI=1S/C15H8ClF2NO/c16-10-6-4-9(5-7-10)12(8-19)15(20)11-2-1-3-13(17)14(11)18/h1-7,12H. The lowest BCUT2D eigenvalue weighted by atomic mass is 9.91. The summed E-state index contributed by atoms with van der Waals surface area (Å²) < 4.78 is 26.7. The number of nitriles is 1. The van der Waals surface area contributed by atoms with Crippen molar-refractivity contribution in [2.45, 2.75) is 5.92 Å². The Kier molecular flexibility index (Phi) is 4.11. The zero-order valence-electron chi connectivity index (χ0n) is 10.1. The van der Waals surface area contributed by atoms with E-state index in [9.17, 15) is 13.6 Å². The number of Topliss-reactive ketones (excluding diaryl/α,β-unsaturated/α-hetero) is 1. The second-order valence-electron chi connectivity index (χ2n) is 4.08. The second-order valence-corrected chi connectivity index (χ2v) is 4.52. The highest BCUT2D eigenvalue weighted by Gasteiger charge is 2.25. The summed E-state index contributed by atoms with van der Waals surface area (Å²) in [5.74, 6) is -4.36. The first kappa shape index (κ1) is 14.2. The molecule has 1 atom stereocenters. The summed E-state index contributed by atoms with van der Waals surface area (Å²) in [5.41, 5.74) is -0.0583. The number of carbonyl (C=O) groups is 1. The topological polar surface area (TPSA) is 40.9 Å². The van der Waals surface area contributed by atoms with Gasteiger partial charge in [0.05, 0.1) is 11.6 Å². The minimum atomic E-state index is -1.24. The molecule has 100 valence electrons. The lowest BCUT2D eigenvalue weighted by Gasteiger charge is -2.09. The molecule has 0 amide bonds. The van der Waals surface area contributed by atoms with E-state index in [2.05, 4.69) is 0 Å².